The van der Waals surface area contributed by atoms with Crippen molar-refractivity contribution in [2.24, 2.45) is 5.92 Å². The molecule has 11 heteroatoms. The molecule has 1 aliphatic rings. The van der Waals surface area contributed by atoms with Gasteiger partial charge in [0.05, 0.1) is 12.1 Å². The van der Waals surface area contributed by atoms with E-state index in [2.05, 4.69) is 25.6 Å². The number of nitrogens with one attached hydrogen (secondary N) is 3. The van der Waals surface area contributed by atoms with Gasteiger partial charge in [-0.1, -0.05) is 13.8 Å². The second kappa shape index (κ2) is 8.18. The normalized spacial score (nSPS) is 16.9. The molecule has 3 N–H and O–H groups in total. The number of rotatable bonds is 6. The summed E-state index contributed by atoms with van der Waals surface area (Å²) in [6, 6.07) is 1.95. The minimum atomic E-state index is -4.49. The van der Waals surface area contributed by atoms with Gasteiger partial charge in [-0.3, -0.25) is 4.79 Å². The van der Waals surface area contributed by atoms with Crippen LogP contribution in [0.1, 0.15) is 31.2 Å². The Kier molecular flexibility index (Phi) is 5.85. The highest BCUT2D eigenvalue weighted by molar-refractivity contribution is 5.84. The van der Waals surface area contributed by atoms with Crippen LogP contribution >= 0.6 is 0 Å². The standard InChI is InChI=1S/C18H20F4N6O/c1-9(2)14(17(29)26-8-18(20,21)22)27-13-3-4-23-16(28-13)12-7-25-15-11(12)5-10(19)6-24-15/h3-6,9,12,14H,7-8H2,1-2H3,(H,24,25)(H,26,29)(H,23,27,28). The fourth-order valence-corrected chi connectivity index (χ4v) is 3.02. The molecule has 2 aromatic heterocycles. The number of alkyl halides is 3. The first kappa shape index (κ1) is 20.7. The molecule has 156 valence electrons. The molecule has 1 aliphatic heterocycles. The molecule has 2 aromatic rings. The van der Waals surface area contributed by atoms with E-state index in [0.717, 1.165) is 6.20 Å². The van der Waals surface area contributed by atoms with E-state index in [9.17, 15) is 22.4 Å². The van der Waals surface area contributed by atoms with E-state index in [-0.39, 0.29) is 17.7 Å². The van der Waals surface area contributed by atoms with Crippen LogP contribution in [0.5, 0.6) is 0 Å². The van der Waals surface area contributed by atoms with Crippen LogP contribution in [-0.4, -0.2) is 46.2 Å². The number of carbonyl (C=O) groups is 1. The number of fused-ring (bicyclic) bond motifs is 1. The summed E-state index contributed by atoms with van der Waals surface area (Å²) in [5, 5.41) is 7.81. The molecule has 7 nitrogen and oxygen atoms in total. The van der Waals surface area contributed by atoms with Crippen LogP contribution in [0.2, 0.25) is 0 Å². The molecular formula is C18H20F4N6O. The van der Waals surface area contributed by atoms with E-state index >= 15 is 0 Å². The first-order valence-electron chi connectivity index (χ1n) is 8.97. The molecule has 1 amide bonds. The SMILES string of the molecule is CC(C)C(Nc1ccnc(C2CNc3ncc(F)cc32)n1)C(=O)NCC(F)(F)F. The maximum Gasteiger partial charge on any atom is 0.405 e. The molecule has 0 saturated carbocycles. The molecule has 0 aromatic carbocycles. The summed E-state index contributed by atoms with van der Waals surface area (Å²) in [5.74, 6) is -0.685. The second-order valence-corrected chi connectivity index (χ2v) is 7.02. The van der Waals surface area contributed by atoms with Gasteiger partial charge in [0, 0.05) is 18.3 Å². The number of hydrogen-bond donors (Lipinski definition) is 3. The van der Waals surface area contributed by atoms with Crippen LogP contribution in [0.15, 0.2) is 24.5 Å². The molecule has 0 bridgehead atoms. The fraction of sp³-hybridized carbons (Fsp3) is 0.444. The third kappa shape index (κ3) is 5.09. The number of nitrogens with zero attached hydrogens (tertiary/aromatic N) is 3. The number of anilines is 2. The average molecular weight is 412 g/mol. The lowest BCUT2D eigenvalue weighted by Crippen LogP contribution is -2.46. The van der Waals surface area contributed by atoms with Crippen LogP contribution in [0.4, 0.5) is 29.2 Å². The molecule has 3 rings (SSSR count). The molecule has 0 spiro atoms. The minimum Gasteiger partial charge on any atom is -0.369 e. The predicted molar refractivity (Wildman–Crippen MR) is 97.9 cm³/mol. The average Bonchev–Trinajstić information content (AvgIpc) is 3.06. The van der Waals surface area contributed by atoms with Crippen molar-refractivity contribution in [1.82, 2.24) is 20.3 Å². The Labute approximate surface area is 164 Å². The highest BCUT2D eigenvalue weighted by atomic mass is 19.4. The third-order valence-electron chi connectivity index (χ3n) is 4.43. The first-order valence-corrected chi connectivity index (χ1v) is 8.97. The van der Waals surface area contributed by atoms with Crippen LogP contribution in [-0.2, 0) is 4.79 Å². The zero-order chi connectivity index (χ0) is 21.2. The summed E-state index contributed by atoms with van der Waals surface area (Å²) in [5.41, 5.74) is 0.616. The maximum atomic E-state index is 13.6. The summed E-state index contributed by atoms with van der Waals surface area (Å²) in [6.45, 7) is 2.43. The van der Waals surface area contributed by atoms with Crippen LogP contribution < -0.4 is 16.0 Å². The van der Waals surface area contributed by atoms with Crippen molar-refractivity contribution in [3.8, 4) is 0 Å². The minimum absolute atomic E-state index is 0.286. The quantitative estimate of drug-likeness (QED) is 0.632. The van der Waals surface area contributed by atoms with Crippen molar-refractivity contribution in [3.05, 3.63) is 41.7 Å². The highest BCUT2D eigenvalue weighted by Crippen LogP contribution is 2.33. The van der Waals surface area contributed by atoms with E-state index in [0.29, 0.717) is 23.8 Å². The number of aromatic nitrogens is 3. The van der Waals surface area contributed by atoms with Crippen LogP contribution in [0.3, 0.4) is 0 Å². The Morgan fingerprint density at radius 3 is 2.79 bits per heavy atom. The summed E-state index contributed by atoms with van der Waals surface area (Å²) in [7, 11) is 0. The van der Waals surface area contributed by atoms with Gasteiger partial charge in [0.1, 0.15) is 35.9 Å². The Morgan fingerprint density at radius 2 is 2.10 bits per heavy atom. The summed E-state index contributed by atoms with van der Waals surface area (Å²) in [4.78, 5) is 24.8. The number of pyridine rings is 1. The molecule has 0 aliphatic carbocycles. The molecule has 0 radical (unpaired) electrons. The number of hydrogen-bond acceptors (Lipinski definition) is 6. The van der Waals surface area contributed by atoms with E-state index in [1.54, 1.807) is 13.8 Å². The summed E-state index contributed by atoms with van der Waals surface area (Å²) < 4.78 is 50.7. The summed E-state index contributed by atoms with van der Waals surface area (Å²) >= 11 is 0. The maximum absolute atomic E-state index is 13.6. The largest absolute Gasteiger partial charge is 0.405 e. The van der Waals surface area contributed by atoms with Gasteiger partial charge in [-0.15, -0.1) is 0 Å². The zero-order valence-corrected chi connectivity index (χ0v) is 15.7. The van der Waals surface area contributed by atoms with E-state index < -0.39 is 30.5 Å². The Hall–Kier alpha value is -2.98. The molecular weight excluding hydrogens is 392 g/mol. The smallest absolute Gasteiger partial charge is 0.369 e. The molecule has 0 fully saturated rings. The van der Waals surface area contributed by atoms with Gasteiger partial charge in [0.2, 0.25) is 5.91 Å². The van der Waals surface area contributed by atoms with Crippen molar-refractivity contribution in [2.75, 3.05) is 23.7 Å². The number of halogens is 4. The van der Waals surface area contributed by atoms with Crippen LogP contribution in [0.25, 0.3) is 0 Å². The monoisotopic (exact) mass is 412 g/mol. The summed E-state index contributed by atoms with van der Waals surface area (Å²) in [6.07, 6.45) is -1.91. The van der Waals surface area contributed by atoms with Crippen molar-refractivity contribution in [1.29, 1.82) is 0 Å². The van der Waals surface area contributed by atoms with Gasteiger partial charge in [0.25, 0.3) is 0 Å². The molecule has 0 saturated heterocycles. The van der Waals surface area contributed by atoms with Gasteiger partial charge in [-0.05, 0) is 18.1 Å². The zero-order valence-electron chi connectivity index (χ0n) is 15.7. The molecule has 3 heterocycles. The van der Waals surface area contributed by atoms with Crippen molar-refractivity contribution < 1.29 is 22.4 Å². The van der Waals surface area contributed by atoms with Crippen molar-refractivity contribution >= 4 is 17.5 Å². The second-order valence-electron chi connectivity index (χ2n) is 7.02. The first-order chi connectivity index (χ1) is 13.6. The van der Waals surface area contributed by atoms with E-state index in [4.69, 9.17) is 0 Å². The lowest BCUT2D eigenvalue weighted by molar-refractivity contribution is -0.139. The van der Waals surface area contributed by atoms with E-state index in [1.807, 2.05) is 5.32 Å². The topological polar surface area (TPSA) is 91.8 Å². The van der Waals surface area contributed by atoms with Crippen LogP contribution in [0, 0.1) is 11.7 Å². The molecule has 2 unspecified atom stereocenters. The van der Waals surface area contributed by atoms with E-state index in [1.165, 1.54) is 18.3 Å². The Morgan fingerprint density at radius 1 is 1.34 bits per heavy atom. The third-order valence-corrected chi connectivity index (χ3v) is 4.43. The lowest BCUT2D eigenvalue weighted by atomic mass is 10.0. The van der Waals surface area contributed by atoms with Gasteiger partial charge >= 0.3 is 6.18 Å². The Balaban J connectivity index is 1.77. The predicted octanol–water partition coefficient (Wildman–Crippen LogP) is 2.68. The highest BCUT2D eigenvalue weighted by Gasteiger charge is 2.31. The number of amides is 1. The lowest BCUT2D eigenvalue weighted by Gasteiger charge is -2.23. The number of carbonyl (C=O) groups excluding carboxylic acids is 1. The fourth-order valence-electron chi connectivity index (χ4n) is 3.02. The van der Waals surface area contributed by atoms with Gasteiger partial charge in [0.15, 0.2) is 0 Å². The van der Waals surface area contributed by atoms with Gasteiger partial charge in [-0.25, -0.2) is 19.3 Å². The molecule has 29 heavy (non-hydrogen) atoms. The van der Waals surface area contributed by atoms with Crippen molar-refractivity contribution in [2.45, 2.75) is 32.0 Å². The Bertz CT molecular complexity index is 889. The molecule has 2 atom stereocenters. The van der Waals surface area contributed by atoms with Gasteiger partial charge < -0.3 is 16.0 Å². The van der Waals surface area contributed by atoms with Crippen molar-refractivity contribution in [3.63, 3.8) is 0 Å². The van der Waals surface area contributed by atoms with Gasteiger partial charge in [-0.2, -0.15) is 13.2 Å².